The Morgan fingerprint density at radius 1 is 1.47 bits per heavy atom. The molecular formula is C11H16BrNO2S2. The molecule has 17 heavy (non-hydrogen) atoms. The summed E-state index contributed by atoms with van der Waals surface area (Å²) in [6.45, 7) is 0.646. The van der Waals surface area contributed by atoms with Crippen LogP contribution < -0.4 is 0 Å². The first-order chi connectivity index (χ1) is 8.01. The van der Waals surface area contributed by atoms with Crippen molar-refractivity contribution in [2.75, 3.05) is 13.6 Å². The standard InChI is InChI=1S/C11H16BrNO2S2/c1-13(8-9-4-2-3-5-9)17(14,15)11-10(12)6-7-16-11/h6-7,9H,2-5,8H2,1H3. The normalized spacial score (nSPS) is 18.1. The molecule has 0 amide bonds. The zero-order chi connectivity index (χ0) is 12.5. The molecule has 0 radical (unpaired) electrons. The van der Waals surface area contributed by atoms with Gasteiger partial charge >= 0.3 is 0 Å². The van der Waals surface area contributed by atoms with Crippen molar-refractivity contribution >= 4 is 37.3 Å². The molecule has 0 atom stereocenters. The third-order valence-electron chi connectivity index (χ3n) is 3.22. The Morgan fingerprint density at radius 3 is 2.65 bits per heavy atom. The molecule has 0 aliphatic heterocycles. The summed E-state index contributed by atoms with van der Waals surface area (Å²) in [7, 11) is -1.63. The first-order valence-corrected chi connectivity index (χ1v) is 8.82. The Kier molecular flexibility index (Phi) is 4.28. The predicted octanol–water partition coefficient (Wildman–Crippen LogP) is 3.32. The molecule has 0 bridgehead atoms. The van der Waals surface area contributed by atoms with Crippen LogP contribution in [-0.2, 0) is 10.0 Å². The second-order valence-electron chi connectivity index (χ2n) is 4.49. The van der Waals surface area contributed by atoms with Gasteiger partial charge in [0.15, 0.2) is 0 Å². The molecule has 0 aromatic carbocycles. The Balaban J connectivity index is 2.12. The van der Waals surface area contributed by atoms with Gasteiger partial charge < -0.3 is 0 Å². The minimum atomic E-state index is -3.31. The van der Waals surface area contributed by atoms with E-state index in [1.165, 1.54) is 28.5 Å². The molecule has 0 saturated heterocycles. The fourth-order valence-electron chi connectivity index (χ4n) is 2.26. The second kappa shape index (κ2) is 5.38. The summed E-state index contributed by atoms with van der Waals surface area (Å²) in [5.41, 5.74) is 0. The Hall–Kier alpha value is 0.0900. The quantitative estimate of drug-likeness (QED) is 0.845. The summed E-state index contributed by atoms with van der Waals surface area (Å²) >= 11 is 4.55. The van der Waals surface area contributed by atoms with Crippen LogP contribution in [0.2, 0.25) is 0 Å². The molecule has 96 valence electrons. The minimum absolute atomic E-state index is 0.415. The van der Waals surface area contributed by atoms with Crippen molar-refractivity contribution in [2.24, 2.45) is 5.92 Å². The zero-order valence-electron chi connectivity index (χ0n) is 9.73. The highest BCUT2D eigenvalue weighted by molar-refractivity contribution is 9.10. The van der Waals surface area contributed by atoms with E-state index in [4.69, 9.17) is 0 Å². The molecule has 1 aliphatic rings. The first kappa shape index (κ1) is 13.5. The summed E-state index contributed by atoms with van der Waals surface area (Å²) in [5.74, 6) is 0.536. The predicted molar refractivity (Wildman–Crippen MR) is 73.8 cm³/mol. The monoisotopic (exact) mass is 337 g/mol. The van der Waals surface area contributed by atoms with E-state index in [1.54, 1.807) is 18.5 Å². The number of thiophene rings is 1. The number of halogens is 1. The molecule has 1 fully saturated rings. The fourth-order valence-corrected chi connectivity index (χ4v) is 6.01. The van der Waals surface area contributed by atoms with Gasteiger partial charge in [0.1, 0.15) is 4.21 Å². The van der Waals surface area contributed by atoms with Crippen LogP contribution in [0.25, 0.3) is 0 Å². The van der Waals surface area contributed by atoms with Gasteiger partial charge in [-0.05, 0) is 46.1 Å². The molecule has 1 heterocycles. The summed E-state index contributed by atoms with van der Waals surface area (Å²) in [4.78, 5) is 0. The summed E-state index contributed by atoms with van der Waals surface area (Å²) < 4.78 is 27.2. The van der Waals surface area contributed by atoms with Crippen molar-refractivity contribution in [3.05, 3.63) is 15.9 Å². The van der Waals surface area contributed by atoms with Crippen LogP contribution in [0.15, 0.2) is 20.1 Å². The van der Waals surface area contributed by atoms with Crippen molar-refractivity contribution in [3.8, 4) is 0 Å². The van der Waals surface area contributed by atoms with Gasteiger partial charge in [-0.1, -0.05) is 12.8 Å². The molecule has 2 rings (SSSR count). The van der Waals surface area contributed by atoms with E-state index >= 15 is 0 Å². The number of hydrogen-bond acceptors (Lipinski definition) is 3. The maximum absolute atomic E-state index is 12.3. The van der Waals surface area contributed by atoms with Gasteiger partial charge in [-0.15, -0.1) is 11.3 Å². The van der Waals surface area contributed by atoms with Crippen molar-refractivity contribution in [1.29, 1.82) is 0 Å². The van der Waals surface area contributed by atoms with Crippen LogP contribution in [0.1, 0.15) is 25.7 Å². The van der Waals surface area contributed by atoms with E-state index in [-0.39, 0.29) is 0 Å². The van der Waals surface area contributed by atoms with Gasteiger partial charge in [0.05, 0.1) is 0 Å². The van der Waals surface area contributed by atoms with Crippen molar-refractivity contribution in [1.82, 2.24) is 4.31 Å². The van der Waals surface area contributed by atoms with Gasteiger partial charge in [0, 0.05) is 18.1 Å². The van der Waals surface area contributed by atoms with E-state index in [2.05, 4.69) is 15.9 Å². The molecule has 0 N–H and O–H groups in total. The highest BCUT2D eigenvalue weighted by Gasteiger charge is 2.27. The molecule has 1 aliphatic carbocycles. The van der Waals surface area contributed by atoms with Gasteiger partial charge in [-0.3, -0.25) is 0 Å². The lowest BCUT2D eigenvalue weighted by Crippen LogP contribution is -2.30. The Morgan fingerprint density at radius 2 is 2.12 bits per heavy atom. The van der Waals surface area contributed by atoms with Crippen LogP contribution in [-0.4, -0.2) is 26.3 Å². The Labute approximate surface area is 115 Å². The van der Waals surface area contributed by atoms with Crippen LogP contribution >= 0.6 is 27.3 Å². The summed E-state index contributed by atoms with van der Waals surface area (Å²) in [5, 5.41) is 1.79. The lowest BCUT2D eigenvalue weighted by molar-refractivity contribution is 0.388. The van der Waals surface area contributed by atoms with Gasteiger partial charge in [0.2, 0.25) is 0 Å². The van der Waals surface area contributed by atoms with Crippen molar-refractivity contribution in [2.45, 2.75) is 29.9 Å². The van der Waals surface area contributed by atoms with Crippen molar-refractivity contribution in [3.63, 3.8) is 0 Å². The van der Waals surface area contributed by atoms with Crippen LogP contribution in [0.3, 0.4) is 0 Å². The van der Waals surface area contributed by atoms with E-state index in [9.17, 15) is 8.42 Å². The molecule has 1 saturated carbocycles. The van der Waals surface area contributed by atoms with Gasteiger partial charge in [-0.2, -0.15) is 4.31 Å². The van der Waals surface area contributed by atoms with E-state index in [1.807, 2.05) is 0 Å². The number of rotatable bonds is 4. The number of nitrogens with zero attached hydrogens (tertiary/aromatic N) is 1. The molecule has 6 heteroatoms. The molecular weight excluding hydrogens is 322 g/mol. The summed E-state index contributed by atoms with van der Waals surface area (Å²) in [6, 6.07) is 1.78. The third-order valence-corrected chi connectivity index (χ3v) is 7.69. The molecule has 0 spiro atoms. The van der Waals surface area contributed by atoms with E-state index in [0.29, 0.717) is 21.1 Å². The Bertz CT molecular complexity index is 477. The third kappa shape index (κ3) is 2.92. The maximum Gasteiger partial charge on any atom is 0.253 e. The average Bonchev–Trinajstić information content (AvgIpc) is 2.89. The smallest absolute Gasteiger partial charge is 0.206 e. The van der Waals surface area contributed by atoms with Crippen molar-refractivity contribution < 1.29 is 8.42 Å². The highest BCUT2D eigenvalue weighted by atomic mass is 79.9. The minimum Gasteiger partial charge on any atom is -0.206 e. The number of hydrogen-bond donors (Lipinski definition) is 0. The van der Waals surface area contributed by atoms with Crippen LogP contribution in [0.5, 0.6) is 0 Å². The molecule has 1 aromatic heterocycles. The SMILES string of the molecule is CN(CC1CCCC1)S(=O)(=O)c1sccc1Br. The largest absolute Gasteiger partial charge is 0.253 e. The highest BCUT2D eigenvalue weighted by Crippen LogP contribution is 2.32. The summed E-state index contributed by atoms with van der Waals surface area (Å²) in [6.07, 6.45) is 4.79. The molecule has 0 unspecified atom stereocenters. The van der Waals surface area contributed by atoms with Gasteiger partial charge in [0.25, 0.3) is 10.0 Å². The van der Waals surface area contributed by atoms with Crippen LogP contribution in [0.4, 0.5) is 0 Å². The lowest BCUT2D eigenvalue weighted by atomic mass is 10.1. The average molecular weight is 338 g/mol. The lowest BCUT2D eigenvalue weighted by Gasteiger charge is -2.20. The second-order valence-corrected chi connectivity index (χ2v) is 8.50. The van der Waals surface area contributed by atoms with Gasteiger partial charge in [-0.25, -0.2) is 8.42 Å². The maximum atomic E-state index is 12.3. The topological polar surface area (TPSA) is 37.4 Å². The first-order valence-electron chi connectivity index (χ1n) is 5.71. The molecule has 3 nitrogen and oxygen atoms in total. The van der Waals surface area contributed by atoms with Crippen LogP contribution in [0, 0.1) is 5.92 Å². The zero-order valence-corrected chi connectivity index (χ0v) is 12.9. The van der Waals surface area contributed by atoms with E-state index in [0.717, 1.165) is 12.8 Å². The van der Waals surface area contributed by atoms with E-state index < -0.39 is 10.0 Å². The molecule has 1 aromatic rings. The number of sulfonamides is 1. The fraction of sp³-hybridized carbons (Fsp3) is 0.636.